The predicted molar refractivity (Wildman–Crippen MR) is 95.3 cm³/mol. The third-order valence-electron chi connectivity index (χ3n) is 3.10. The molecule has 0 aliphatic rings. The van der Waals surface area contributed by atoms with Crippen molar-refractivity contribution in [1.82, 2.24) is 25.5 Å². The summed E-state index contributed by atoms with van der Waals surface area (Å²) in [6.07, 6.45) is 0. The summed E-state index contributed by atoms with van der Waals surface area (Å²) in [4.78, 5) is 13.1. The van der Waals surface area contributed by atoms with Crippen molar-refractivity contribution in [3.63, 3.8) is 0 Å². The summed E-state index contributed by atoms with van der Waals surface area (Å²) in [5.41, 5.74) is 0.961. The van der Waals surface area contributed by atoms with Crippen LogP contribution in [-0.4, -0.2) is 31.9 Å². The molecular formula is C15H14ClN5OS2. The molecule has 0 radical (unpaired) electrons. The van der Waals surface area contributed by atoms with Crippen molar-refractivity contribution >= 4 is 40.6 Å². The van der Waals surface area contributed by atoms with Crippen LogP contribution in [0.4, 0.5) is 0 Å². The molecule has 0 unspecified atom stereocenters. The molecule has 0 fully saturated rings. The number of rotatable bonds is 7. The van der Waals surface area contributed by atoms with Crippen molar-refractivity contribution in [3.8, 4) is 0 Å². The Bertz CT molecular complexity index is 806. The molecule has 2 heterocycles. The Hall–Kier alpha value is -1.90. The Morgan fingerprint density at radius 1 is 1.33 bits per heavy atom. The maximum atomic E-state index is 12.0. The first-order valence-corrected chi connectivity index (χ1v) is 9.37. The highest BCUT2D eigenvalue weighted by atomic mass is 35.5. The largest absolute Gasteiger partial charge is 0.351 e. The SMILES string of the molecule is O=C(CSc1nnnn1Cc1cccs1)NCc1cccc(Cl)c1. The minimum Gasteiger partial charge on any atom is -0.351 e. The van der Waals surface area contributed by atoms with Crippen LogP contribution in [0.15, 0.2) is 46.9 Å². The normalized spacial score (nSPS) is 10.7. The average molecular weight is 380 g/mol. The Morgan fingerprint density at radius 3 is 3.04 bits per heavy atom. The van der Waals surface area contributed by atoms with E-state index in [9.17, 15) is 4.79 Å². The van der Waals surface area contributed by atoms with Gasteiger partial charge in [0, 0.05) is 16.4 Å². The zero-order valence-electron chi connectivity index (χ0n) is 12.6. The number of benzene rings is 1. The van der Waals surface area contributed by atoms with Crippen LogP contribution in [0.2, 0.25) is 5.02 Å². The number of hydrogen-bond donors (Lipinski definition) is 1. The van der Waals surface area contributed by atoms with Gasteiger partial charge in [-0.15, -0.1) is 16.4 Å². The van der Waals surface area contributed by atoms with Crippen LogP contribution in [-0.2, 0) is 17.9 Å². The molecule has 0 aliphatic heterocycles. The molecule has 1 amide bonds. The summed E-state index contributed by atoms with van der Waals surface area (Å²) >= 11 is 8.88. The van der Waals surface area contributed by atoms with E-state index in [0.29, 0.717) is 23.3 Å². The number of thioether (sulfide) groups is 1. The maximum Gasteiger partial charge on any atom is 0.230 e. The van der Waals surface area contributed by atoms with Crippen LogP contribution in [0.1, 0.15) is 10.4 Å². The van der Waals surface area contributed by atoms with Gasteiger partial charge in [0.2, 0.25) is 11.1 Å². The molecule has 3 aromatic rings. The van der Waals surface area contributed by atoms with Crippen LogP contribution in [0, 0.1) is 0 Å². The summed E-state index contributed by atoms with van der Waals surface area (Å²) in [6, 6.07) is 11.4. The minimum atomic E-state index is -0.0781. The van der Waals surface area contributed by atoms with Gasteiger partial charge in [-0.25, -0.2) is 4.68 Å². The molecule has 2 aromatic heterocycles. The van der Waals surface area contributed by atoms with Crippen LogP contribution in [0.3, 0.4) is 0 Å². The van der Waals surface area contributed by atoms with Gasteiger partial charge >= 0.3 is 0 Å². The molecule has 1 aromatic carbocycles. The summed E-state index contributed by atoms with van der Waals surface area (Å²) in [5.74, 6) is 0.177. The number of halogens is 1. The van der Waals surface area contributed by atoms with Crippen molar-refractivity contribution in [2.45, 2.75) is 18.2 Å². The highest BCUT2D eigenvalue weighted by Gasteiger charge is 2.10. The third-order valence-corrected chi connectivity index (χ3v) is 5.15. The van der Waals surface area contributed by atoms with Crippen LogP contribution >= 0.6 is 34.7 Å². The van der Waals surface area contributed by atoms with E-state index in [0.717, 1.165) is 10.4 Å². The van der Waals surface area contributed by atoms with E-state index >= 15 is 0 Å². The third kappa shape index (κ3) is 4.80. The second kappa shape index (κ2) is 8.27. The quantitative estimate of drug-likeness (QED) is 0.639. The number of amides is 1. The molecule has 3 rings (SSSR count). The minimum absolute atomic E-state index is 0.0781. The lowest BCUT2D eigenvalue weighted by molar-refractivity contribution is -0.118. The Morgan fingerprint density at radius 2 is 2.25 bits per heavy atom. The van der Waals surface area contributed by atoms with E-state index in [2.05, 4.69) is 20.8 Å². The van der Waals surface area contributed by atoms with Gasteiger partial charge < -0.3 is 5.32 Å². The topological polar surface area (TPSA) is 72.7 Å². The molecule has 1 N–H and O–H groups in total. The lowest BCUT2D eigenvalue weighted by Gasteiger charge is -2.06. The molecule has 0 spiro atoms. The number of nitrogens with zero attached hydrogens (tertiary/aromatic N) is 4. The van der Waals surface area contributed by atoms with Gasteiger partial charge in [0.25, 0.3) is 0 Å². The molecule has 0 saturated heterocycles. The Balaban J connectivity index is 1.49. The van der Waals surface area contributed by atoms with Gasteiger partial charge in [0.05, 0.1) is 12.3 Å². The Kier molecular flexibility index (Phi) is 5.84. The van der Waals surface area contributed by atoms with E-state index < -0.39 is 0 Å². The van der Waals surface area contributed by atoms with Gasteiger partial charge in [0.15, 0.2) is 0 Å². The maximum absolute atomic E-state index is 12.0. The van der Waals surface area contributed by atoms with Gasteiger partial charge in [-0.3, -0.25) is 4.79 Å². The summed E-state index contributed by atoms with van der Waals surface area (Å²) in [6.45, 7) is 1.05. The summed E-state index contributed by atoms with van der Waals surface area (Å²) in [7, 11) is 0. The number of tetrazole rings is 1. The Labute approximate surface area is 152 Å². The van der Waals surface area contributed by atoms with Crippen LogP contribution < -0.4 is 5.32 Å². The van der Waals surface area contributed by atoms with E-state index in [1.807, 2.05) is 35.7 Å². The molecule has 0 atom stereocenters. The van der Waals surface area contributed by atoms with Crippen molar-refractivity contribution in [1.29, 1.82) is 0 Å². The molecule has 124 valence electrons. The fraction of sp³-hybridized carbons (Fsp3) is 0.200. The van der Waals surface area contributed by atoms with Crippen molar-refractivity contribution in [3.05, 3.63) is 57.2 Å². The number of carbonyl (C=O) groups is 1. The van der Waals surface area contributed by atoms with Gasteiger partial charge in [-0.05, 0) is 39.6 Å². The smallest absolute Gasteiger partial charge is 0.230 e. The van der Waals surface area contributed by atoms with E-state index in [-0.39, 0.29) is 11.7 Å². The lowest BCUT2D eigenvalue weighted by atomic mass is 10.2. The zero-order chi connectivity index (χ0) is 16.8. The molecule has 0 saturated carbocycles. The molecular weight excluding hydrogens is 366 g/mol. The number of nitrogens with one attached hydrogen (secondary N) is 1. The van der Waals surface area contributed by atoms with Gasteiger partial charge in [-0.1, -0.05) is 41.6 Å². The van der Waals surface area contributed by atoms with Crippen molar-refractivity contribution < 1.29 is 4.79 Å². The second-order valence-electron chi connectivity index (χ2n) is 4.89. The molecule has 6 nitrogen and oxygen atoms in total. The first kappa shape index (κ1) is 16.9. The number of hydrogen-bond acceptors (Lipinski definition) is 6. The van der Waals surface area contributed by atoms with E-state index in [1.54, 1.807) is 22.1 Å². The standard InChI is InChI=1S/C15H14ClN5OS2/c16-12-4-1-3-11(7-12)8-17-14(22)10-24-15-18-19-20-21(15)9-13-5-2-6-23-13/h1-7H,8-10H2,(H,17,22). The van der Waals surface area contributed by atoms with Crippen molar-refractivity contribution in [2.24, 2.45) is 0 Å². The monoisotopic (exact) mass is 379 g/mol. The zero-order valence-corrected chi connectivity index (χ0v) is 14.9. The number of aromatic nitrogens is 4. The average Bonchev–Trinajstić information content (AvgIpc) is 3.23. The molecule has 9 heteroatoms. The van der Waals surface area contributed by atoms with E-state index in [4.69, 9.17) is 11.6 Å². The fourth-order valence-corrected chi connectivity index (χ4v) is 3.58. The second-order valence-corrected chi connectivity index (χ2v) is 7.30. The first-order valence-electron chi connectivity index (χ1n) is 7.13. The first-order chi connectivity index (χ1) is 11.7. The molecule has 24 heavy (non-hydrogen) atoms. The van der Waals surface area contributed by atoms with Crippen LogP contribution in [0.5, 0.6) is 0 Å². The van der Waals surface area contributed by atoms with E-state index in [1.165, 1.54) is 11.8 Å². The predicted octanol–water partition coefficient (Wildman–Crippen LogP) is 2.84. The molecule has 0 bridgehead atoms. The lowest BCUT2D eigenvalue weighted by Crippen LogP contribution is -2.24. The molecule has 0 aliphatic carbocycles. The number of carbonyl (C=O) groups excluding carboxylic acids is 1. The summed E-state index contributed by atoms with van der Waals surface area (Å²) < 4.78 is 1.70. The number of thiophene rings is 1. The van der Waals surface area contributed by atoms with Crippen molar-refractivity contribution in [2.75, 3.05) is 5.75 Å². The van der Waals surface area contributed by atoms with Crippen LogP contribution in [0.25, 0.3) is 0 Å². The highest BCUT2D eigenvalue weighted by molar-refractivity contribution is 7.99. The van der Waals surface area contributed by atoms with Gasteiger partial charge in [0.1, 0.15) is 0 Å². The summed E-state index contributed by atoms with van der Waals surface area (Å²) in [5, 5.41) is 17.8. The van der Waals surface area contributed by atoms with Gasteiger partial charge in [-0.2, -0.15) is 0 Å². The highest BCUT2D eigenvalue weighted by Crippen LogP contribution is 2.17. The fourth-order valence-electron chi connectivity index (χ4n) is 1.98.